The van der Waals surface area contributed by atoms with E-state index in [0.717, 1.165) is 65.0 Å². The second-order valence-corrected chi connectivity index (χ2v) is 9.27. The minimum atomic E-state index is 0.498. The average Bonchev–Trinajstić information content (AvgIpc) is 3.29. The number of guanidine groups is 1. The SMILES string of the molecule is C=C(CNC(=C)c1csc2c1N=C(N1CCCCC1)N(Cc1ccccc1C#N)C2=C)OCC. The largest absolute Gasteiger partial charge is 0.497 e. The van der Waals surface area contributed by atoms with Gasteiger partial charge in [0.25, 0.3) is 0 Å². The van der Waals surface area contributed by atoms with Gasteiger partial charge in [-0.2, -0.15) is 5.26 Å². The standard InChI is InChI=1S/C27H31N5OS/c1-5-33-19(2)16-29-20(3)24-18-34-26-21(4)32(17-23-12-8-7-11-22(23)15-28)27(30-25(24)26)31-13-9-6-10-14-31/h7-8,11-12,18,29H,2-6,9-10,13-14,16-17H2,1H3. The zero-order valence-electron chi connectivity index (χ0n) is 19.8. The lowest BCUT2D eigenvalue weighted by molar-refractivity contribution is 0.225. The maximum atomic E-state index is 9.61. The summed E-state index contributed by atoms with van der Waals surface area (Å²) in [5.74, 6) is 1.58. The number of hydrogen-bond acceptors (Lipinski definition) is 7. The van der Waals surface area contributed by atoms with Crippen LogP contribution in [0.5, 0.6) is 0 Å². The van der Waals surface area contributed by atoms with E-state index < -0.39 is 0 Å². The van der Waals surface area contributed by atoms with Gasteiger partial charge >= 0.3 is 0 Å². The third kappa shape index (κ3) is 4.87. The van der Waals surface area contributed by atoms with Crippen molar-refractivity contribution < 1.29 is 4.74 Å². The maximum absolute atomic E-state index is 9.61. The second kappa shape index (κ2) is 10.6. The highest BCUT2D eigenvalue weighted by Crippen LogP contribution is 2.44. The molecule has 0 bridgehead atoms. The van der Waals surface area contributed by atoms with E-state index in [1.54, 1.807) is 11.3 Å². The molecule has 0 spiro atoms. The summed E-state index contributed by atoms with van der Waals surface area (Å²) in [4.78, 5) is 10.7. The Morgan fingerprint density at radius 1 is 1.24 bits per heavy atom. The predicted octanol–water partition coefficient (Wildman–Crippen LogP) is 5.69. The number of likely N-dealkylation sites (tertiary alicyclic amines) is 1. The van der Waals surface area contributed by atoms with Crippen LogP contribution in [0, 0.1) is 11.3 Å². The number of aliphatic imine (C=N–C) groups is 1. The molecular formula is C27H31N5OS. The summed E-state index contributed by atoms with van der Waals surface area (Å²) >= 11 is 1.62. The summed E-state index contributed by atoms with van der Waals surface area (Å²) in [5, 5.41) is 15.0. The molecule has 3 heterocycles. The van der Waals surface area contributed by atoms with Gasteiger partial charge in [0, 0.05) is 29.7 Å². The summed E-state index contributed by atoms with van der Waals surface area (Å²) in [6, 6.07) is 10.1. The van der Waals surface area contributed by atoms with Crippen LogP contribution in [-0.4, -0.2) is 42.0 Å². The molecular weight excluding hydrogens is 442 g/mol. The van der Waals surface area contributed by atoms with E-state index in [0.29, 0.717) is 31.0 Å². The molecule has 0 unspecified atom stereocenters. The molecule has 1 N–H and O–H groups in total. The predicted molar refractivity (Wildman–Crippen MR) is 140 cm³/mol. The molecule has 176 valence electrons. The van der Waals surface area contributed by atoms with E-state index in [1.807, 2.05) is 31.2 Å². The Bertz CT molecular complexity index is 1170. The van der Waals surface area contributed by atoms with Crippen molar-refractivity contribution in [1.82, 2.24) is 15.1 Å². The molecule has 34 heavy (non-hydrogen) atoms. The minimum absolute atomic E-state index is 0.498. The summed E-state index contributed by atoms with van der Waals surface area (Å²) < 4.78 is 5.45. The summed E-state index contributed by atoms with van der Waals surface area (Å²) in [5.41, 5.74) is 5.21. The molecule has 6 nitrogen and oxygen atoms in total. The molecule has 2 aromatic rings. The van der Waals surface area contributed by atoms with Gasteiger partial charge < -0.3 is 19.9 Å². The van der Waals surface area contributed by atoms with E-state index in [9.17, 15) is 5.26 Å². The molecule has 1 fully saturated rings. The molecule has 1 aromatic carbocycles. The zero-order valence-corrected chi connectivity index (χ0v) is 20.6. The monoisotopic (exact) mass is 473 g/mol. The Kier molecular flexibility index (Phi) is 7.39. The quantitative estimate of drug-likeness (QED) is 0.499. The number of benzene rings is 1. The van der Waals surface area contributed by atoms with Gasteiger partial charge in [0.05, 0.1) is 47.6 Å². The molecule has 1 saturated heterocycles. The van der Waals surface area contributed by atoms with Gasteiger partial charge in [0.1, 0.15) is 5.76 Å². The van der Waals surface area contributed by atoms with Crippen LogP contribution < -0.4 is 5.32 Å². The number of thiophene rings is 1. The maximum Gasteiger partial charge on any atom is 0.206 e. The molecule has 0 saturated carbocycles. The van der Waals surface area contributed by atoms with Crippen LogP contribution in [-0.2, 0) is 11.3 Å². The van der Waals surface area contributed by atoms with Crippen molar-refractivity contribution >= 4 is 34.4 Å². The number of fused-ring (bicyclic) bond motifs is 1. The smallest absolute Gasteiger partial charge is 0.206 e. The highest BCUT2D eigenvalue weighted by Gasteiger charge is 2.32. The first kappa shape index (κ1) is 23.7. The summed E-state index contributed by atoms with van der Waals surface area (Å²) in [7, 11) is 0. The van der Waals surface area contributed by atoms with Gasteiger partial charge in [-0.1, -0.05) is 37.9 Å². The second-order valence-electron chi connectivity index (χ2n) is 8.39. The first-order valence-corrected chi connectivity index (χ1v) is 12.5. The van der Waals surface area contributed by atoms with Crippen molar-refractivity contribution in [2.24, 2.45) is 4.99 Å². The summed E-state index contributed by atoms with van der Waals surface area (Å²) in [6.07, 6.45) is 3.53. The Morgan fingerprint density at radius 3 is 2.74 bits per heavy atom. The van der Waals surface area contributed by atoms with Crippen molar-refractivity contribution in [3.8, 4) is 6.07 Å². The third-order valence-corrected chi connectivity index (χ3v) is 7.10. The Hall–Kier alpha value is -3.50. The van der Waals surface area contributed by atoms with Crippen LogP contribution >= 0.6 is 11.3 Å². The van der Waals surface area contributed by atoms with Crippen molar-refractivity contribution in [2.75, 3.05) is 26.2 Å². The fraction of sp³-hybridized carbons (Fsp3) is 0.333. The lowest BCUT2D eigenvalue weighted by atomic mass is 10.1. The molecule has 0 amide bonds. The number of ether oxygens (including phenoxy) is 1. The van der Waals surface area contributed by atoms with Crippen molar-refractivity contribution in [1.29, 1.82) is 5.26 Å². The van der Waals surface area contributed by atoms with Crippen molar-refractivity contribution in [3.05, 3.63) is 76.7 Å². The Balaban J connectivity index is 1.67. The first-order valence-electron chi connectivity index (χ1n) is 11.7. The van der Waals surface area contributed by atoms with Crippen LogP contribution in [0.25, 0.3) is 11.4 Å². The molecule has 0 aliphatic carbocycles. The minimum Gasteiger partial charge on any atom is -0.497 e. The van der Waals surface area contributed by atoms with Crippen LogP contribution in [0.4, 0.5) is 5.69 Å². The number of rotatable bonds is 8. The van der Waals surface area contributed by atoms with E-state index in [1.165, 1.54) is 6.42 Å². The third-order valence-electron chi connectivity index (χ3n) is 6.08. The first-order chi connectivity index (χ1) is 16.5. The van der Waals surface area contributed by atoms with Crippen molar-refractivity contribution in [2.45, 2.75) is 32.7 Å². The van der Waals surface area contributed by atoms with Gasteiger partial charge in [0.2, 0.25) is 5.96 Å². The van der Waals surface area contributed by atoms with E-state index in [2.05, 4.69) is 46.3 Å². The highest BCUT2D eigenvalue weighted by molar-refractivity contribution is 7.12. The van der Waals surface area contributed by atoms with Gasteiger partial charge in [-0.25, -0.2) is 4.99 Å². The van der Waals surface area contributed by atoms with Crippen molar-refractivity contribution in [3.63, 3.8) is 0 Å². The highest BCUT2D eigenvalue weighted by atomic mass is 32.1. The molecule has 1 aromatic heterocycles. The number of piperidine rings is 1. The van der Waals surface area contributed by atoms with Gasteiger partial charge in [-0.05, 0) is 37.8 Å². The number of nitrogens with one attached hydrogen (secondary N) is 1. The zero-order chi connectivity index (χ0) is 24.1. The fourth-order valence-corrected chi connectivity index (χ4v) is 5.28. The lowest BCUT2D eigenvalue weighted by Crippen LogP contribution is -2.46. The van der Waals surface area contributed by atoms with E-state index >= 15 is 0 Å². The van der Waals surface area contributed by atoms with Crippen LogP contribution in [0.1, 0.15) is 47.8 Å². The fourth-order valence-electron chi connectivity index (χ4n) is 4.28. The van der Waals surface area contributed by atoms with E-state index in [4.69, 9.17) is 9.73 Å². The van der Waals surface area contributed by atoms with Gasteiger partial charge in [-0.3, -0.25) is 0 Å². The molecule has 4 rings (SSSR count). The Morgan fingerprint density at radius 2 is 2.00 bits per heavy atom. The topological polar surface area (TPSA) is 63.9 Å². The normalized spacial score (nSPS) is 15.3. The number of hydrogen-bond donors (Lipinski definition) is 1. The molecule has 0 atom stereocenters. The van der Waals surface area contributed by atoms with Gasteiger partial charge in [-0.15, -0.1) is 11.3 Å². The summed E-state index contributed by atoms with van der Waals surface area (Å²) in [6.45, 7) is 18.2. The number of nitriles is 1. The lowest BCUT2D eigenvalue weighted by Gasteiger charge is -2.39. The molecule has 7 heteroatoms. The average molecular weight is 474 g/mol. The van der Waals surface area contributed by atoms with Crippen LogP contribution in [0.3, 0.4) is 0 Å². The molecule has 2 aliphatic heterocycles. The van der Waals surface area contributed by atoms with Crippen LogP contribution in [0.15, 0.2) is 60.1 Å². The van der Waals surface area contributed by atoms with E-state index in [-0.39, 0.29) is 0 Å². The van der Waals surface area contributed by atoms with Crippen LogP contribution in [0.2, 0.25) is 0 Å². The molecule has 2 aliphatic rings. The van der Waals surface area contributed by atoms with Gasteiger partial charge in [0.15, 0.2) is 0 Å². The number of nitrogens with zero attached hydrogens (tertiary/aromatic N) is 4. The molecule has 0 radical (unpaired) electrons. The Labute approximate surface area is 206 Å².